The molecule has 0 radical (unpaired) electrons. The molecule has 2 nitrogen and oxygen atoms in total. The fraction of sp³-hybridized carbons (Fsp3) is 1.00. The van der Waals surface area contributed by atoms with Gasteiger partial charge in [0.15, 0.2) is 0 Å². The van der Waals surface area contributed by atoms with Crippen LogP contribution in [0.2, 0.25) is 0 Å². The van der Waals surface area contributed by atoms with Crippen LogP contribution in [0.1, 0.15) is 44.9 Å². The molecule has 1 aliphatic carbocycles. The molecule has 2 unspecified atom stereocenters. The van der Waals surface area contributed by atoms with E-state index in [4.69, 9.17) is 0 Å². The maximum atomic E-state index is 9.95. The normalized spacial score (nSPS) is 36.6. The van der Waals surface area contributed by atoms with Crippen molar-refractivity contribution in [2.45, 2.75) is 51.0 Å². The standard InChI is InChI=1S/C12H23NO/c14-12-9-13-8-7-11(12)10-5-3-1-2-4-6-10/h10-14H,1-9H2. The van der Waals surface area contributed by atoms with Gasteiger partial charge in [-0.15, -0.1) is 0 Å². The van der Waals surface area contributed by atoms with Crippen LogP contribution < -0.4 is 5.32 Å². The summed E-state index contributed by atoms with van der Waals surface area (Å²) in [4.78, 5) is 0. The second-order valence-corrected chi connectivity index (χ2v) is 4.98. The summed E-state index contributed by atoms with van der Waals surface area (Å²) in [7, 11) is 0. The zero-order valence-electron chi connectivity index (χ0n) is 9.04. The molecule has 0 aromatic heterocycles. The van der Waals surface area contributed by atoms with E-state index in [1.54, 1.807) is 0 Å². The molecule has 2 fully saturated rings. The van der Waals surface area contributed by atoms with Crippen molar-refractivity contribution < 1.29 is 5.11 Å². The molecule has 2 atom stereocenters. The summed E-state index contributed by atoms with van der Waals surface area (Å²) in [6, 6.07) is 0. The van der Waals surface area contributed by atoms with E-state index in [2.05, 4.69) is 5.32 Å². The summed E-state index contributed by atoms with van der Waals surface area (Å²) < 4.78 is 0. The van der Waals surface area contributed by atoms with E-state index in [-0.39, 0.29) is 6.10 Å². The van der Waals surface area contributed by atoms with E-state index in [9.17, 15) is 5.11 Å². The third kappa shape index (κ3) is 2.48. The Morgan fingerprint density at radius 1 is 0.929 bits per heavy atom. The smallest absolute Gasteiger partial charge is 0.0695 e. The molecule has 0 aromatic carbocycles. The summed E-state index contributed by atoms with van der Waals surface area (Å²) in [6.45, 7) is 1.93. The van der Waals surface area contributed by atoms with E-state index < -0.39 is 0 Å². The first-order chi connectivity index (χ1) is 6.88. The minimum Gasteiger partial charge on any atom is -0.392 e. The van der Waals surface area contributed by atoms with Gasteiger partial charge >= 0.3 is 0 Å². The van der Waals surface area contributed by atoms with Crippen molar-refractivity contribution in [2.75, 3.05) is 13.1 Å². The summed E-state index contributed by atoms with van der Waals surface area (Å²) in [5, 5.41) is 13.2. The van der Waals surface area contributed by atoms with E-state index in [0.29, 0.717) is 5.92 Å². The molecule has 0 bridgehead atoms. The first kappa shape index (κ1) is 10.4. The van der Waals surface area contributed by atoms with Gasteiger partial charge in [-0.3, -0.25) is 0 Å². The Bertz CT molecular complexity index is 164. The van der Waals surface area contributed by atoms with Crippen molar-refractivity contribution >= 4 is 0 Å². The molecular formula is C12H23NO. The molecule has 1 saturated heterocycles. The van der Waals surface area contributed by atoms with Crippen LogP contribution in [0.15, 0.2) is 0 Å². The average Bonchev–Trinajstić information content (AvgIpc) is 2.47. The van der Waals surface area contributed by atoms with Gasteiger partial charge in [0.25, 0.3) is 0 Å². The number of hydrogen-bond donors (Lipinski definition) is 2. The molecule has 0 amide bonds. The van der Waals surface area contributed by atoms with Crippen LogP contribution in [0, 0.1) is 11.8 Å². The molecule has 1 heterocycles. The third-order valence-corrected chi connectivity index (χ3v) is 4.01. The third-order valence-electron chi connectivity index (χ3n) is 4.01. The van der Waals surface area contributed by atoms with E-state index in [0.717, 1.165) is 19.0 Å². The van der Waals surface area contributed by atoms with Crippen LogP contribution in [0.5, 0.6) is 0 Å². The fourth-order valence-electron chi connectivity index (χ4n) is 3.15. The number of β-amino-alcohol motifs (C(OH)–C–C–N with tert-alkyl or cyclic N) is 1. The summed E-state index contributed by atoms with van der Waals surface area (Å²) in [6.07, 6.45) is 9.44. The van der Waals surface area contributed by atoms with Gasteiger partial charge in [-0.25, -0.2) is 0 Å². The minimum absolute atomic E-state index is 0.0770. The Morgan fingerprint density at radius 2 is 1.64 bits per heavy atom. The van der Waals surface area contributed by atoms with Crippen LogP contribution in [-0.4, -0.2) is 24.3 Å². The van der Waals surface area contributed by atoms with E-state index in [1.807, 2.05) is 0 Å². The SMILES string of the molecule is OC1CNCCC1C1CCCCCC1. The molecular weight excluding hydrogens is 174 g/mol. The zero-order chi connectivity index (χ0) is 9.80. The zero-order valence-corrected chi connectivity index (χ0v) is 9.04. The predicted molar refractivity (Wildman–Crippen MR) is 58.2 cm³/mol. The molecule has 2 rings (SSSR count). The number of nitrogens with one attached hydrogen (secondary N) is 1. The molecule has 0 spiro atoms. The van der Waals surface area contributed by atoms with Crippen LogP contribution in [-0.2, 0) is 0 Å². The highest BCUT2D eigenvalue weighted by atomic mass is 16.3. The summed E-state index contributed by atoms with van der Waals surface area (Å²) in [5.74, 6) is 1.41. The van der Waals surface area contributed by atoms with Crippen LogP contribution >= 0.6 is 0 Å². The number of aliphatic hydroxyl groups excluding tert-OH is 1. The molecule has 82 valence electrons. The van der Waals surface area contributed by atoms with E-state index in [1.165, 1.54) is 44.9 Å². The van der Waals surface area contributed by atoms with Crippen molar-refractivity contribution in [2.24, 2.45) is 11.8 Å². The quantitative estimate of drug-likeness (QED) is 0.630. The lowest BCUT2D eigenvalue weighted by Gasteiger charge is -2.34. The van der Waals surface area contributed by atoms with Crippen LogP contribution in [0.3, 0.4) is 0 Å². The lowest BCUT2D eigenvalue weighted by atomic mass is 9.79. The van der Waals surface area contributed by atoms with Gasteiger partial charge in [0.05, 0.1) is 6.10 Å². The highest BCUT2D eigenvalue weighted by Crippen LogP contribution is 2.33. The van der Waals surface area contributed by atoms with Gasteiger partial charge in [-0.2, -0.15) is 0 Å². The molecule has 2 aliphatic rings. The first-order valence-electron chi connectivity index (χ1n) is 6.26. The predicted octanol–water partition coefficient (Wildman–Crippen LogP) is 1.93. The van der Waals surface area contributed by atoms with Gasteiger partial charge < -0.3 is 10.4 Å². The van der Waals surface area contributed by atoms with Crippen molar-refractivity contribution in [3.05, 3.63) is 0 Å². The minimum atomic E-state index is -0.0770. The molecule has 2 heteroatoms. The molecule has 1 aliphatic heterocycles. The van der Waals surface area contributed by atoms with Gasteiger partial charge in [-0.1, -0.05) is 38.5 Å². The largest absolute Gasteiger partial charge is 0.392 e. The van der Waals surface area contributed by atoms with Gasteiger partial charge in [0.2, 0.25) is 0 Å². The second-order valence-electron chi connectivity index (χ2n) is 4.98. The van der Waals surface area contributed by atoms with Gasteiger partial charge in [-0.05, 0) is 24.8 Å². The Labute approximate surface area is 87.1 Å². The molecule has 14 heavy (non-hydrogen) atoms. The van der Waals surface area contributed by atoms with Crippen molar-refractivity contribution in [3.63, 3.8) is 0 Å². The van der Waals surface area contributed by atoms with Gasteiger partial charge in [0, 0.05) is 6.54 Å². The highest BCUT2D eigenvalue weighted by Gasteiger charge is 2.30. The Balaban J connectivity index is 1.90. The van der Waals surface area contributed by atoms with Crippen LogP contribution in [0.4, 0.5) is 0 Å². The van der Waals surface area contributed by atoms with E-state index >= 15 is 0 Å². The number of rotatable bonds is 1. The maximum absolute atomic E-state index is 9.95. The Hall–Kier alpha value is -0.0800. The maximum Gasteiger partial charge on any atom is 0.0695 e. The number of piperidine rings is 1. The second kappa shape index (κ2) is 5.13. The topological polar surface area (TPSA) is 32.3 Å². The van der Waals surface area contributed by atoms with Gasteiger partial charge in [0.1, 0.15) is 0 Å². The fourth-order valence-corrected chi connectivity index (χ4v) is 3.15. The lowest BCUT2D eigenvalue weighted by Crippen LogP contribution is -2.43. The Morgan fingerprint density at radius 3 is 2.29 bits per heavy atom. The van der Waals surface area contributed by atoms with Crippen molar-refractivity contribution in [3.8, 4) is 0 Å². The average molecular weight is 197 g/mol. The molecule has 2 N–H and O–H groups in total. The summed E-state index contributed by atoms with van der Waals surface area (Å²) in [5.41, 5.74) is 0. The lowest BCUT2D eigenvalue weighted by molar-refractivity contribution is 0.0429. The summed E-state index contributed by atoms with van der Waals surface area (Å²) >= 11 is 0. The van der Waals surface area contributed by atoms with Crippen LogP contribution in [0.25, 0.3) is 0 Å². The Kier molecular flexibility index (Phi) is 3.82. The molecule has 1 saturated carbocycles. The number of aliphatic hydroxyl groups is 1. The first-order valence-corrected chi connectivity index (χ1v) is 6.26. The number of hydrogen-bond acceptors (Lipinski definition) is 2. The van der Waals surface area contributed by atoms with Crippen molar-refractivity contribution in [1.29, 1.82) is 0 Å². The van der Waals surface area contributed by atoms with Crippen molar-refractivity contribution in [1.82, 2.24) is 5.32 Å². The highest BCUT2D eigenvalue weighted by molar-refractivity contribution is 4.83. The monoisotopic (exact) mass is 197 g/mol. The molecule has 0 aromatic rings.